The normalized spacial score (nSPS) is 22.1. The summed E-state index contributed by atoms with van der Waals surface area (Å²) in [5.41, 5.74) is 6.80. The lowest BCUT2D eigenvalue weighted by Crippen LogP contribution is -2.52. The van der Waals surface area contributed by atoms with Crippen molar-refractivity contribution in [3.63, 3.8) is 0 Å². The molecule has 7 nitrogen and oxygen atoms in total. The van der Waals surface area contributed by atoms with Gasteiger partial charge in [0, 0.05) is 6.54 Å². The van der Waals surface area contributed by atoms with Crippen LogP contribution in [0, 0.1) is 0 Å². The highest BCUT2D eigenvalue weighted by Crippen LogP contribution is 2.32. The number of guanidine groups is 2. The zero-order valence-electron chi connectivity index (χ0n) is 11.2. The first-order valence-corrected chi connectivity index (χ1v) is 6.50. The van der Waals surface area contributed by atoms with Crippen LogP contribution in [0.2, 0.25) is 0 Å². The van der Waals surface area contributed by atoms with E-state index in [-0.39, 0.29) is 6.17 Å². The second-order valence-corrected chi connectivity index (χ2v) is 4.63. The Labute approximate surface area is 116 Å². The van der Waals surface area contributed by atoms with Crippen LogP contribution in [-0.4, -0.2) is 31.4 Å². The molecule has 1 atom stereocenters. The van der Waals surface area contributed by atoms with Crippen LogP contribution in [0.25, 0.3) is 0 Å². The summed E-state index contributed by atoms with van der Waals surface area (Å²) < 4.78 is 10.6. The van der Waals surface area contributed by atoms with Gasteiger partial charge in [0.25, 0.3) is 0 Å². The van der Waals surface area contributed by atoms with Gasteiger partial charge in [-0.2, -0.15) is 0 Å². The number of benzene rings is 1. The van der Waals surface area contributed by atoms with Gasteiger partial charge in [0.05, 0.1) is 0 Å². The molecule has 4 N–H and O–H groups in total. The van der Waals surface area contributed by atoms with E-state index in [9.17, 15) is 0 Å². The van der Waals surface area contributed by atoms with Crippen LogP contribution in [-0.2, 0) is 6.42 Å². The van der Waals surface area contributed by atoms with Gasteiger partial charge in [-0.25, -0.2) is 4.99 Å². The molecule has 20 heavy (non-hydrogen) atoms. The van der Waals surface area contributed by atoms with Gasteiger partial charge < -0.3 is 20.5 Å². The van der Waals surface area contributed by atoms with Crippen molar-refractivity contribution in [1.82, 2.24) is 10.6 Å². The van der Waals surface area contributed by atoms with Crippen molar-refractivity contribution >= 4 is 11.9 Å². The number of hydrogen-bond acceptors (Lipinski definition) is 5. The molecule has 0 fully saturated rings. The van der Waals surface area contributed by atoms with Gasteiger partial charge in [0.1, 0.15) is 6.17 Å². The highest BCUT2D eigenvalue weighted by molar-refractivity contribution is 5.99. The fourth-order valence-corrected chi connectivity index (χ4v) is 2.11. The minimum atomic E-state index is -0.0551. The summed E-state index contributed by atoms with van der Waals surface area (Å²) in [6.07, 6.45) is 0.759. The lowest BCUT2D eigenvalue weighted by atomic mass is 10.1. The lowest BCUT2D eigenvalue weighted by Gasteiger charge is -2.20. The van der Waals surface area contributed by atoms with Gasteiger partial charge in [-0.15, -0.1) is 0 Å². The maximum atomic E-state index is 5.65. The van der Waals surface area contributed by atoms with Crippen molar-refractivity contribution < 1.29 is 9.47 Å². The third kappa shape index (κ3) is 2.76. The molecule has 1 unspecified atom stereocenters. The molecule has 1 aromatic rings. The van der Waals surface area contributed by atoms with Crippen LogP contribution in [0.1, 0.15) is 12.5 Å². The van der Waals surface area contributed by atoms with Crippen LogP contribution in [0.4, 0.5) is 0 Å². The number of aliphatic imine (C=N–C) groups is 2. The molecule has 0 aromatic heterocycles. The third-order valence-corrected chi connectivity index (χ3v) is 3.03. The van der Waals surface area contributed by atoms with Gasteiger partial charge >= 0.3 is 0 Å². The van der Waals surface area contributed by atoms with E-state index in [1.807, 2.05) is 25.1 Å². The number of ether oxygens (including phenoxy) is 2. The first-order chi connectivity index (χ1) is 9.70. The van der Waals surface area contributed by atoms with Crippen molar-refractivity contribution in [3.05, 3.63) is 23.8 Å². The standard InChI is InChI=1S/C13H17N5O2/c1-8-16-12(14)18-13(17-8)15-5-4-9-2-3-10-11(6-9)20-7-19-10/h2-3,6,8H,4-5,7H2,1H3,(H4,14,15,16,17,18). The summed E-state index contributed by atoms with van der Waals surface area (Å²) >= 11 is 0. The zero-order chi connectivity index (χ0) is 13.9. The number of rotatable bonds is 3. The predicted octanol–water partition coefficient (Wildman–Crippen LogP) is 0.167. The molecule has 0 saturated carbocycles. The largest absolute Gasteiger partial charge is 0.454 e. The molecule has 106 valence electrons. The van der Waals surface area contributed by atoms with E-state index in [4.69, 9.17) is 15.2 Å². The second-order valence-electron chi connectivity index (χ2n) is 4.63. The molecule has 0 radical (unpaired) electrons. The number of nitrogens with two attached hydrogens (primary N) is 1. The number of nitrogens with zero attached hydrogens (tertiary/aromatic N) is 2. The average Bonchev–Trinajstić information content (AvgIpc) is 2.85. The SMILES string of the molecule is CC1N=C(N)NC(=NCCc2ccc3c(c2)OCO3)N1. The topological polar surface area (TPSA) is 93.3 Å². The minimum absolute atomic E-state index is 0.0551. The summed E-state index contributed by atoms with van der Waals surface area (Å²) in [5, 5.41) is 6.00. The molecule has 0 amide bonds. The van der Waals surface area contributed by atoms with Crippen molar-refractivity contribution in [2.75, 3.05) is 13.3 Å². The Morgan fingerprint density at radius 3 is 3.10 bits per heavy atom. The quantitative estimate of drug-likeness (QED) is 0.731. The van der Waals surface area contributed by atoms with Gasteiger partial charge in [0.2, 0.25) is 6.79 Å². The third-order valence-electron chi connectivity index (χ3n) is 3.03. The highest BCUT2D eigenvalue weighted by atomic mass is 16.7. The van der Waals surface area contributed by atoms with E-state index in [1.165, 1.54) is 0 Å². The molecule has 2 aliphatic heterocycles. The lowest BCUT2D eigenvalue weighted by molar-refractivity contribution is 0.174. The summed E-state index contributed by atoms with van der Waals surface area (Å²) in [7, 11) is 0. The van der Waals surface area contributed by atoms with Gasteiger partial charge in [0.15, 0.2) is 23.4 Å². The molecule has 7 heteroatoms. The van der Waals surface area contributed by atoms with E-state index in [2.05, 4.69) is 20.6 Å². The molecule has 3 rings (SSSR count). The maximum Gasteiger partial charge on any atom is 0.231 e. The molecule has 0 bridgehead atoms. The molecule has 1 aromatic carbocycles. The van der Waals surface area contributed by atoms with Crippen molar-refractivity contribution in [2.45, 2.75) is 19.5 Å². The van der Waals surface area contributed by atoms with Crippen molar-refractivity contribution in [3.8, 4) is 11.5 Å². The molecule has 2 aliphatic rings. The molecule has 0 saturated heterocycles. The van der Waals surface area contributed by atoms with E-state index < -0.39 is 0 Å². The zero-order valence-corrected chi connectivity index (χ0v) is 11.2. The Morgan fingerprint density at radius 1 is 1.40 bits per heavy atom. The van der Waals surface area contributed by atoms with Gasteiger partial charge in [-0.05, 0) is 31.0 Å². The fraction of sp³-hybridized carbons (Fsp3) is 0.385. The minimum Gasteiger partial charge on any atom is -0.454 e. The first kappa shape index (κ1) is 12.6. The van der Waals surface area contributed by atoms with E-state index >= 15 is 0 Å². The molecule has 2 heterocycles. The first-order valence-electron chi connectivity index (χ1n) is 6.50. The Morgan fingerprint density at radius 2 is 2.25 bits per heavy atom. The number of hydrogen-bond donors (Lipinski definition) is 3. The Hall–Kier alpha value is -2.44. The molecular formula is C13H17N5O2. The van der Waals surface area contributed by atoms with Crippen LogP contribution < -0.4 is 25.8 Å². The second kappa shape index (κ2) is 5.28. The summed E-state index contributed by atoms with van der Waals surface area (Å²) in [5.74, 6) is 2.64. The summed E-state index contributed by atoms with van der Waals surface area (Å²) in [6, 6.07) is 5.94. The van der Waals surface area contributed by atoms with Gasteiger partial charge in [-0.3, -0.25) is 10.3 Å². The Bertz CT molecular complexity index is 570. The fourth-order valence-electron chi connectivity index (χ4n) is 2.11. The van der Waals surface area contributed by atoms with Crippen LogP contribution in [0.15, 0.2) is 28.2 Å². The van der Waals surface area contributed by atoms with E-state index in [0.29, 0.717) is 25.3 Å². The molecule has 0 spiro atoms. The Kier molecular flexibility index (Phi) is 3.32. The molecular weight excluding hydrogens is 258 g/mol. The van der Waals surface area contributed by atoms with Crippen LogP contribution >= 0.6 is 0 Å². The highest BCUT2D eigenvalue weighted by Gasteiger charge is 2.13. The average molecular weight is 275 g/mol. The van der Waals surface area contributed by atoms with Crippen molar-refractivity contribution in [2.24, 2.45) is 15.7 Å². The van der Waals surface area contributed by atoms with Crippen LogP contribution in [0.5, 0.6) is 11.5 Å². The number of fused-ring (bicyclic) bond motifs is 1. The van der Waals surface area contributed by atoms with Crippen molar-refractivity contribution in [1.29, 1.82) is 0 Å². The summed E-state index contributed by atoms with van der Waals surface area (Å²) in [4.78, 5) is 8.53. The monoisotopic (exact) mass is 275 g/mol. The molecule has 0 aliphatic carbocycles. The maximum absolute atomic E-state index is 5.65. The predicted molar refractivity (Wildman–Crippen MR) is 75.9 cm³/mol. The van der Waals surface area contributed by atoms with E-state index in [0.717, 1.165) is 23.5 Å². The van der Waals surface area contributed by atoms with Gasteiger partial charge in [-0.1, -0.05) is 6.07 Å². The van der Waals surface area contributed by atoms with E-state index in [1.54, 1.807) is 0 Å². The van der Waals surface area contributed by atoms with Crippen LogP contribution in [0.3, 0.4) is 0 Å². The number of nitrogens with one attached hydrogen (secondary N) is 2. The summed E-state index contributed by atoms with van der Waals surface area (Å²) in [6.45, 7) is 2.86. The Balaban J connectivity index is 1.59. The smallest absolute Gasteiger partial charge is 0.231 e.